The Morgan fingerprint density at radius 1 is 0.871 bits per heavy atom. The molecule has 6 nitrogen and oxygen atoms in total. The fourth-order valence-electron chi connectivity index (χ4n) is 4.63. The summed E-state index contributed by atoms with van der Waals surface area (Å²) in [6, 6.07) is 19.2. The number of anilines is 1. The summed E-state index contributed by atoms with van der Waals surface area (Å²) >= 11 is 0. The van der Waals surface area contributed by atoms with Crippen molar-refractivity contribution in [2.75, 3.05) is 70.9 Å². The lowest BCUT2D eigenvalue weighted by Crippen LogP contribution is -2.54. The minimum absolute atomic E-state index is 0.262. The van der Waals surface area contributed by atoms with Gasteiger partial charge in [0.15, 0.2) is 0 Å². The van der Waals surface area contributed by atoms with Crippen LogP contribution in [0.15, 0.2) is 54.6 Å². The van der Waals surface area contributed by atoms with Crippen molar-refractivity contribution in [3.63, 3.8) is 0 Å². The normalized spacial score (nSPS) is 19.3. The first-order valence-corrected chi connectivity index (χ1v) is 11.3. The molecule has 2 saturated heterocycles. The van der Waals surface area contributed by atoms with E-state index < -0.39 is 0 Å². The summed E-state index contributed by atoms with van der Waals surface area (Å²) in [5, 5.41) is 0. The molecule has 166 valence electrons. The molecule has 2 heterocycles. The van der Waals surface area contributed by atoms with Crippen LogP contribution >= 0.6 is 0 Å². The molecule has 4 rings (SSSR count). The number of benzene rings is 2. The number of nitrogens with zero attached hydrogens (tertiary/aromatic N) is 4. The molecular weight excluding hydrogens is 388 g/mol. The van der Waals surface area contributed by atoms with Crippen LogP contribution in [0, 0.1) is 0 Å². The second-order valence-corrected chi connectivity index (χ2v) is 8.44. The van der Waals surface area contributed by atoms with Gasteiger partial charge < -0.3 is 14.5 Å². The number of amides is 1. The van der Waals surface area contributed by atoms with Crippen LogP contribution in [0.4, 0.5) is 5.69 Å². The smallest absolute Gasteiger partial charge is 0.236 e. The Hall–Kier alpha value is -2.57. The van der Waals surface area contributed by atoms with Crippen molar-refractivity contribution in [1.82, 2.24) is 14.7 Å². The van der Waals surface area contributed by atoms with Crippen molar-refractivity contribution >= 4 is 11.6 Å². The summed E-state index contributed by atoms with van der Waals surface area (Å²) in [5.41, 5.74) is 2.48. The van der Waals surface area contributed by atoms with E-state index >= 15 is 0 Å². The minimum atomic E-state index is 0.262. The fourth-order valence-corrected chi connectivity index (χ4v) is 4.63. The SMILES string of the molecule is COc1ccccc1N1CCN(CC(=O)N2CCN([C@H](C)c3ccccc3)CC2)CC1. The summed E-state index contributed by atoms with van der Waals surface area (Å²) in [6.07, 6.45) is 0. The Labute approximate surface area is 186 Å². The second-order valence-electron chi connectivity index (χ2n) is 8.44. The summed E-state index contributed by atoms with van der Waals surface area (Å²) < 4.78 is 5.50. The van der Waals surface area contributed by atoms with Gasteiger partial charge in [0.25, 0.3) is 0 Å². The van der Waals surface area contributed by atoms with Gasteiger partial charge in [-0.15, -0.1) is 0 Å². The van der Waals surface area contributed by atoms with Crippen LogP contribution in [0.5, 0.6) is 5.75 Å². The van der Waals surface area contributed by atoms with Gasteiger partial charge in [-0.3, -0.25) is 14.6 Å². The molecule has 0 bridgehead atoms. The van der Waals surface area contributed by atoms with E-state index in [4.69, 9.17) is 4.74 Å². The summed E-state index contributed by atoms with van der Waals surface area (Å²) in [7, 11) is 1.72. The Morgan fingerprint density at radius 2 is 1.52 bits per heavy atom. The van der Waals surface area contributed by atoms with Crippen molar-refractivity contribution in [3.8, 4) is 5.75 Å². The first kappa shape index (κ1) is 21.7. The number of carbonyl (C=O) groups is 1. The predicted molar refractivity (Wildman–Crippen MR) is 125 cm³/mol. The number of para-hydroxylation sites is 2. The molecule has 1 amide bonds. The highest BCUT2D eigenvalue weighted by Crippen LogP contribution is 2.28. The zero-order chi connectivity index (χ0) is 21.6. The molecule has 2 aromatic carbocycles. The molecule has 0 saturated carbocycles. The number of piperazine rings is 2. The number of ether oxygens (including phenoxy) is 1. The number of methoxy groups -OCH3 is 1. The van der Waals surface area contributed by atoms with E-state index in [0.717, 1.165) is 63.8 Å². The predicted octanol–water partition coefficient (Wildman–Crippen LogP) is 2.72. The van der Waals surface area contributed by atoms with Gasteiger partial charge in [0.1, 0.15) is 5.75 Å². The van der Waals surface area contributed by atoms with Crippen molar-refractivity contribution in [2.24, 2.45) is 0 Å². The summed E-state index contributed by atoms with van der Waals surface area (Å²) in [5.74, 6) is 1.17. The number of rotatable bonds is 6. The maximum absolute atomic E-state index is 12.9. The Balaban J connectivity index is 1.23. The monoisotopic (exact) mass is 422 g/mol. The van der Waals surface area contributed by atoms with Gasteiger partial charge in [-0.1, -0.05) is 42.5 Å². The van der Waals surface area contributed by atoms with E-state index in [9.17, 15) is 4.79 Å². The molecule has 0 aliphatic carbocycles. The van der Waals surface area contributed by atoms with Crippen LogP contribution in [0.3, 0.4) is 0 Å². The number of hydrogen-bond donors (Lipinski definition) is 0. The van der Waals surface area contributed by atoms with E-state index in [1.54, 1.807) is 7.11 Å². The third-order valence-corrected chi connectivity index (χ3v) is 6.65. The standard InChI is InChI=1S/C25H34N4O2/c1-21(22-8-4-3-5-9-22)27-16-18-29(19-17-27)25(30)20-26-12-14-28(15-13-26)23-10-6-7-11-24(23)31-2/h3-11,21H,12-20H2,1-2H3/t21-/m1/s1. The second kappa shape index (κ2) is 10.2. The lowest BCUT2D eigenvalue weighted by molar-refractivity contribution is -0.134. The van der Waals surface area contributed by atoms with E-state index in [0.29, 0.717) is 12.6 Å². The van der Waals surface area contributed by atoms with E-state index in [2.05, 4.69) is 58.0 Å². The number of hydrogen-bond acceptors (Lipinski definition) is 5. The molecule has 0 unspecified atom stereocenters. The van der Waals surface area contributed by atoms with Gasteiger partial charge in [-0.25, -0.2) is 0 Å². The topological polar surface area (TPSA) is 39.3 Å². The van der Waals surface area contributed by atoms with Crippen molar-refractivity contribution in [2.45, 2.75) is 13.0 Å². The molecule has 0 N–H and O–H groups in total. The van der Waals surface area contributed by atoms with Gasteiger partial charge in [0.2, 0.25) is 5.91 Å². The van der Waals surface area contributed by atoms with Crippen LogP contribution in [0.25, 0.3) is 0 Å². The molecule has 0 radical (unpaired) electrons. The Bertz CT molecular complexity index is 844. The molecular formula is C25H34N4O2. The molecule has 6 heteroatoms. The first-order chi connectivity index (χ1) is 15.2. The third kappa shape index (κ3) is 5.20. The minimum Gasteiger partial charge on any atom is -0.495 e. The van der Waals surface area contributed by atoms with Gasteiger partial charge in [0, 0.05) is 58.4 Å². The Kier molecular flexibility index (Phi) is 7.10. The van der Waals surface area contributed by atoms with E-state index in [-0.39, 0.29) is 5.91 Å². The average Bonchev–Trinajstić information content (AvgIpc) is 2.84. The average molecular weight is 423 g/mol. The zero-order valence-electron chi connectivity index (χ0n) is 18.7. The largest absolute Gasteiger partial charge is 0.495 e. The van der Waals surface area contributed by atoms with Crippen LogP contribution in [-0.4, -0.2) is 86.6 Å². The van der Waals surface area contributed by atoms with Gasteiger partial charge in [-0.05, 0) is 24.6 Å². The highest BCUT2D eigenvalue weighted by Gasteiger charge is 2.27. The molecule has 0 aromatic heterocycles. The van der Waals surface area contributed by atoms with E-state index in [1.807, 2.05) is 23.1 Å². The van der Waals surface area contributed by atoms with Crippen LogP contribution < -0.4 is 9.64 Å². The number of carbonyl (C=O) groups excluding carboxylic acids is 1. The van der Waals surface area contributed by atoms with E-state index in [1.165, 1.54) is 5.56 Å². The van der Waals surface area contributed by atoms with Gasteiger partial charge in [0.05, 0.1) is 19.3 Å². The van der Waals surface area contributed by atoms with Crippen molar-refractivity contribution < 1.29 is 9.53 Å². The molecule has 1 atom stereocenters. The summed E-state index contributed by atoms with van der Waals surface area (Å²) in [4.78, 5) is 22.1. The highest BCUT2D eigenvalue weighted by molar-refractivity contribution is 5.78. The molecule has 31 heavy (non-hydrogen) atoms. The zero-order valence-corrected chi connectivity index (χ0v) is 18.7. The maximum Gasteiger partial charge on any atom is 0.236 e. The van der Waals surface area contributed by atoms with Gasteiger partial charge >= 0.3 is 0 Å². The maximum atomic E-state index is 12.9. The molecule has 2 fully saturated rings. The van der Waals surface area contributed by atoms with Crippen molar-refractivity contribution in [1.29, 1.82) is 0 Å². The Morgan fingerprint density at radius 3 is 2.19 bits per heavy atom. The van der Waals surface area contributed by atoms with Gasteiger partial charge in [-0.2, -0.15) is 0 Å². The molecule has 2 aromatic rings. The van der Waals surface area contributed by atoms with Crippen LogP contribution in [0.1, 0.15) is 18.5 Å². The summed E-state index contributed by atoms with van der Waals surface area (Å²) in [6.45, 7) is 9.90. The fraction of sp³-hybridized carbons (Fsp3) is 0.480. The molecule has 2 aliphatic heterocycles. The molecule has 2 aliphatic rings. The third-order valence-electron chi connectivity index (χ3n) is 6.65. The first-order valence-electron chi connectivity index (χ1n) is 11.3. The lowest BCUT2D eigenvalue weighted by atomic mass is 10.1. The highest BCUT2D eigenvalue weighted by atomic mass is 16.5. The quantitative estimate of drug-likeness (QED) is 0.716. The molecule has 0 spiro atoms. The lowest BCUT2D eigenvalue weighted by Gasteiger charge is -2.40. The van der Waals surface area contributed by atoms with Crippen LogP contribution in [-0.2, 0) is 4.79 Å². The van der Waals surface area contributed by atoms with Crippen LogP contribution in [0.2, 0.25) is 0 Å². The van der Waals surface area contributed by atoms with Crippen molar-refractivity contribution in [3.05, 3.63) is 60.2 Å².